The molecule has 1 unspecified atom stereocenters. The summed E-state index contributed by atoms with van der Waals surface area (Å²) >= 11 is 7.15. The maximum Gasteiger partial charge on any atom is 0.286 e. The molecule has 0 saturated heterocycles. The quantitative estimate of drug-likeness (QED) is 0.488. The van der Waals surface area contributed by atoms with E-state index in [1.807, 2.05) is 25.1 Å². The zero-order valence-corrected chi connectivity index (χ0v) is 19.5. The summed E-state index contributed by atoms with van der Waals surface area (Å²) in [6, 6.07) is 12.4. The van der Waals surface area contributed by atoms with E-state index in [9.17, 15) is 9.59 Å². The number of halogens is 1. The topological polar surface area (TPSA) is 102 Å². The van der Waals surface area contributed by atoms with Crippen molar-refractivity contribution >= 4 is 40.4 Å². The molecule has 0 saturated carbocycles. The third-order valence-corrected chi connectivity index (χ3v) is 6.20. The van der Waals surface area contributed by atoms with Crippen LogP contribution in [0.2, 0.25) is 5.02 Å². The van der Waals surface area contributed by atoms with E-state index in [0.29, 0.717) is 53.9 Å². The van der Waals surface area contributed by atoms with E-state index in [1.54, 1.807) is 24.3 Å². The molecule has 3 aromatic rings. The Bertz CT molecular complexity index is 1150. The van der Waals surface area contributed by atoms with E-state index < -0.39 is 0 Å². The van der Waals surface area contributed by atoms with Crippen LogP contribution in [0, 0.1) is 0 Å². The molecule has 33 heavy (non-hydrogen) atoms. The number of aromatic nitrogens is 2. The van der Waals surface area contributed by atoms with Crippen molar-refractivity contribution in [3.63, 3.8) is 0 Å². The van der Waals surface area contributed by atoms with Crippen LogP contribution >= 0.6 is 22.9 Å². The van der Waals surface area contributed by atoms with Gasteiger partial charge in [0.2, 0.25) is 10.9 Å². The number of amides is 2. The Morgan fingerprint density at radius 3 is 2.76 bits per heavy atom. The molecular weight excluding hydrogens is 464 g/mol. The first kappa shape index (κ1) is 23.0. The van der Waals surface area contributed by atoms with Gasteiger partial charge < -0.3 is 20.1 Å². The zero-order chi connectivity index (χ0) is 23.2. The lowest BCUT2D eigenvalue weighted by molar-refractivity contribution is -0.121. The predicted molar refractivity (Wildman–Crippen MR) is 126 cm³/mol. The number of ether oxygens (including phenoxy) is 2. The summed E-state index contributed by atoms with van der Waals surface area (Å²) < 4.78 is 11.1. The molecule has 172 valence electrons. The number of nitrogens with one attached hydrogen (secondary N) is 2. The number of hydrogen-bond donors (Lipinski definition) is 2. The number of rotatable bonds is 8. The average Bonchev–Trinajstić information content (AvgIpc) is 3.28. The van der Waals surface area contributed by atoms with Gasteiger partial charge in [0.05, 0.1) is 6.04 Å². The summed E-state index contributed by atoms with van der Waals surface area (Å²) in [6.07, 6.45) is 1.51. The van der Waals surface area contributed by atoms with E-state index in [4.69, 9.17) is 21.1 Å². The smallest absolute Gasteiger partial charge is 0.286 e. The highest BCUT2D eigenvalue weighted by molar-refractivity contribution is 7.13. The number of nitrogens with zero attached hydrogens (tertiary/aromatic N) is 2. The van der Waals surface area contributed by atoms with Crippen LogP contribution in [0.25, 0.3) is 0 Å². The average molecular weight is 487 g/mol. The van der Waals surface area contributed by atoms with Crippen molar-refractivity contribution in [3.8, 4) is 11.5 Å². The van der Waals surface area contributed by atoms with Crippen molar-refractivity contribution in [3.05, 3.63) is 63.1 Å². The van der Waals surface area contributed by atoms with Crippen LogP contribution in [0.3, 0.4) is 0 Å². The Morgan fingerprint density at radius 1 is 1.12 bits per heavy atom. The molecule has 2 amide bonds. The van der Waals surface area contributed by atoms with Gasteiger partial charge in [-0.15, -0.1) is 10.2 Å². The van der Waals surface area contributed by atoms with Crippen molar-refractivity contribution in [2.24, 2.45) is 0 Å². The summed E-state index contributed by atoms with van der Waals surface area (Å²) in [6.45, 7) is 2.99. The molecule has 1 aromatic heterocycles. The Morgan fingerprint density at radius 2 is 1.94 bits per heavy atom. The molecule has 0 aliphatic carbocycles. The third-order valence-electron chi connectivity index (χ3n) is 4.98. The second-order valence-electron chi connectivity index (χ2n) is 7.51. The molecule has 2 heterocycles. The molecule has 1 atom stereocenters. The molecule has 1 aliphatic heterocycles. The van der Waals surface area contributed by atoms with Crippen LogP contribution in [0.4, 0.5) is 5.69 Å². The third kappa shape index (κ3) is 6.21. The highest BCUT2D eigenvalue weighted by Gasteiger charge is 2.17. The first-order chi connectivity index (χ1) is 16.0. The Hall–Kier alpha value is -3.17. The molecular formula is C23H23ClN4O4S. The Labute approximate surface area is 200 Å². The lowest BCUT2D eigenvalue weighted by Crippen LogP contribution is -2.26. The SMILES string of the molecule is CC(NC(=O)CCCc1nnc(C(=O)Nc2cccc(Cl)c2)s1)c1ccc2c(c1)OCCO2. The number of carbonyl (C=O) groups is 2. The van der Waals surface area contributed by atoms with Gasteiger partial charge in [-0.2, -0.15) is 0 Å². The lowest BCUT2D eigenvalue weighted by atomic mass is 10.1. The minimum Gasteiger partial charge on any atom is -0.486 e. The highest BCUT2D eigenvalue weighted by Crippen LogP contribution is 2.32. The number of fused-ring (bicyclic) bond motifs is 1. The lowest BCUT2D eigenvalue weighted by Gasteiger charge is -2.21. The fraction of sp³-hybridized carbons (Fsp3) is 0.304. The fourth-order valence-corrected chi connectivity index (χ4v) is 4.29. The normalized spacial score (nSPS) is 13.3. The van der Waals surface area contributed by atoms with Crippen LogP contribution in [-0.2, 0) is 11.2 Å². The van der Waals surface area contributed by atoms with Crippen LogP contribution in [0.1, 0.15) is 46.2 Å². The Balaban J connectivity index is 1.23. The van der Waals surface area contributed by atoms with Crippen LogP contribution in [0.15, 0.2) is 42.5 Å². The van der Waals surface area contributed by atoms with Crippen molar-refractivity contribution in [1.29, 1.82) is 0 Å². The van der Waals surface area contributed by atoms with Gasteiger partial charge in [-0.1, -0.05) is 35.1 Å². The van der Waals surface area contributed by atoms with Gasteiger partial charge in [-0.05, 0) is 49.2 Å². The van der Waals surface area contributed by atoms with Gasteiger partial charge in [-0.25, -0.2) is 0 Å². The molecule has 2 aromatic carbocycles. The predicted octanol–water partition coefficient (Wildman–Crippen LogP) is 4.42. The highest BCUT2D eigenvalue weighted by atomic mass is 35.5. The molecule has 0 bridgehead atoms. The molecule has 2 N–H and O–H groups in total. The monoisotopic (exact) mass is 486 g/mol. The van der Waals surface area contributed by atoms with Crippen molar-refractivity contribution in [2.45, 2.75) is 32.2 Å². The van der Waals surface area contributed by atoms with Crippen LogP contribution in [-0.4, -0.2) is 35.2 Å². The summed E-state index contributed by atoms with van der Waals surface area (Å²) in [7, 11) is 0. The fourth-order valence-electron chi connectivity index (χ4n) is 3.32. The largest absolute Gasteiger partial charge is 0.486 e. The van der Waals surface area contributed by atoms with Crippen molar-refractivity contribution in [1.82, 2.24) is 15.5 Å². The summed E-state index contributed by atoms with van der Waals surface area (Å²) in [5.74, 6) is 1.03. The minimum atomic E-state index is -0.341. The first-order valence-corrected chi connectivity index (χ1v) is 11.8. The van der Waals surface area contributed by atoms with Crippen molar-refractivity contribution in [2.75, 3.05) is 18.5 Å². The van der Waals surface area contributed by atoms with Gasteiger partial charge in [0.1, 0.15) is 18.2 Å². The maximum atomic E-state index is 12.4. The van der Waals surface area contributed by atoms with E-state index in [2.05, 4.69) is 20.8 Å². The first-order valence-electron chi connectivity index (χ1n) is 10.6. The van der Waals surface area contributed by atoms with Gasteiger partial charge >= 0.3 is 0 Å². The van der Waals surface area contributed by atoms with E-state index in [0.717, 1.165) is 11.3 Å². The summed E-state index contributed by atoms with van der Waals surface area (Å²) in [5.41, 5.74) is 1.54. The van der Waals surface area contributed by atoms with Crippen LogP contribution in [0.5, 0.6) is 11.5 Å². The molecule has 4 rings (SSSR count). The Kier molecular flexibility index (Phi) is 7.41. The second kappa shape index (κ2) is 10.6. The zero-order valence-electron chi connectivity index (χ0n) is 18.0. The molecule has 8 nitrogen and oxygen atoms in total. The second-order valence-corrected chi connectivity index (χ2v) is 9.01. The summed E-state index contributed by atoms with van der Waals surface area (Å²) in [5, 5.41) is 15.3. The number of carbonyl (C=O) groups excluding carboxylic acids is 2. The van der Waals surface area contributed by atoms with Crippen LogP contribution < -0.4 is 20.1 Å². The van der Waals surface area contributed by atoms with Gasteiger partial charge in [0.25, 0.3) is 5.91 Å². The maximum absolute atomic E-state index is 12.4. The molecule has 0 radical (unpaired) electrons. The van der Waals surface area contributed by atoms with Gasteiger partial charge in [0, 0.05) is 23.6 Å². The number of benzene rings is 2. The van der Waals surface area contributed by atoms with E-state index in [-0.39, 0.29) is 22.9 Å². The summed E-state index contributed by atoms with van der Waals surface area (Å²) in [4.78, 5) is 24.7. The van der Waals surface area contributed by atoms with Gasteiger partial charge in [-0.3, -0.25) is 9.59 Å². The standard InChI is InChI=1S/C23H23ClN4O4S/c1-14(15-8-9-18-19(12-15)32-11-10-31-18)25-20(29)6-3-7-21-27-28-23(33-21)22(30)26-17-5-2-4-16(24)13-17/h2,4-5,8-9,12-14H,3,6-7,10-11H2,1H3,(H,25,29)(H,26,30). The molecule has 10 heteroatoms. The number of hydrogen-bond acceptors (Lipinski definition) is 7. The van der Waals surface area contributed by atoms with E-state index in [1.165, 1.54) is 11.3 Å². The van der Waals surface area contributed by atoms with Crippen molar-refractivity contribution < 1.29 is 19.1 Å². The van der Waals surface area contributed by atoms with Gasteiger partial charge in [0.15, 0.2) is 11.5 Å². The van der Waals surface area contributed by atoms with E-state index >= 15 is 0 Å². The molecule has 0 fully saturated rings. The number of aryl methyl sites for hydroxylation is 1. The molecule has 0 spiro atoms. The minimum absolute atomic E-state index is 0.0548. The molecule has 1 aliphatic rings. The number of anilines is 1.